The molecule has 1 aliphatic heterocycles. The number of carbonyl (C=O) groups is 2. The number of aliphatic carboxylic acids is 1. The molecule has 1 N–H and O–H groups in total. The molecule has 6 nitrogen and oxygen atoms in total. The van der Waals surface area contributed by atoms with E-state index in [0.717, 1.165) is 22.3 Å². The summed E-state index contributed by atoms with van der Waals surface area (Å²) < 4.78 is 11.2. The number of carboxylic acids is 1. The molecule has 0 spiro atoms. The fourth-order valence-electron chi connectivity index (χ4n) is 4.18. The normalized spacial score (nSPS) is 16.2. The summed E-state index contributed by atoms with van der Waals surface area (Å²) in [6.45, 7) is 0.221. The van der Waals surface area contributed by atoms with Gasteiger partial charge in [0, 0.05) is 24.1 Å². The third-order valence-electron chi connectivity index (χ3n) is 6.01. The van der Waals surface area contributed by atoms with E-state index in [-0.39, 0.29) is 19.4 Å². The number of carbonyl (C=O) groups excluding carboxylic acids is 1. The molecule has 1 aliphatic rings. The lowest BCUT2D eigenvalue weighted by atomic mass is 9.89. The Morgan fingerprint density at radius 2 is 1.78 bits per heavy atom. The van der Waals surface area contributed by atoms with Crippen molar-refractivity contribution < 1.29 is 24.2 Å². The standard InChI is InChI=1S/C29H26ClNO5/c1-35-26-11-8-23(22-5-2-4-21(16-22)17-27(32)33)18-24(26)19-29(13-3-14-31-29)28(34)36-15-12-20-6-9-25(30)10-7-20/h2-11,13-14,16,18H,12,15,17,19H2,1H3,(H,32,33). The minimum absolute atomic E-state index is 0.0542. The lowest BCUT2D eigenvalue weighted by Gasteiger charge is -2.24. The van der Waals surface area contributed by atoms with Crippen LogP contribution in [0.4, 0.5) is 0 Å². The van der Waals surface area contributed by atoms with Crippen LogP contribution in [-0.4, -0.2) is 42.5 Å². The summed E-state index contributed by atoms with van der Waals surface area (Å²) in [6, 6.07) is 20.5. The molecule has 7 heteroatoms. The van der Waals surface area contributed by atoms with Gasteiger partial charge in [-0.05, 0) is 64.2 Å². The number of allylic oxidation sites excluding steroid dienone is 1. The maximum absolute atomic E-state index is 13.2. The van der Waals surface area contributed by atoms with Gasteiger partial charge in [-0.3, -0.25) is 9.79 Å². The molecule has 0 amide bonds. The number of hydrogen-bond donors (Lipinski definition) is 1. The molecule has 4 rings (SSSR count). The van der Waals surface area contributed by atoms with Crippen LogP contribution in [0.5, 0.6) is 5.75 Å². The maximum atomic E-state index is 13.2. The molecule has 0 bridgehead atoms. The highest BCUT2D eigenvalue weighted by molar-refractivity contribution is 6.30. The highest BCUT2D eigenvalue weighted by Crippen LogP contribution is 2.33. The van der Waals surface area contributed by atoms with Crippen LogP contribution in [0.1, 0.15) is 16.7 Å². The topological polar surface area (TPSA) is 85.2 Å². The average Bonchev–Trinajstić information content (AvgIpc) is 3.35. The summed E-state index contributed by atoms with van der Waals surface area (Å²) >= 11 is 5.94. The minimum Gasteiger partial charge on any atom is -0.496 e. The number of rotatable bonds is 10. The number of benzene rings is 3. The molecule has 0 saturated heterocycles. The molecular weight excluding hydrogens is 478 g/mol. The van der Waals surface area contributed by atoms with Gasteiger partial charge in [-0.15, -0.1) is 0 Å². The van der Waals surface area contributed by atoms with Crippen LogP contribution in [0.2, 0.25) is 5.02 Å². The number of halogens is 1. The van der Waals surface area contributed by atoms with Gasteiger partial charge in [-0.1, -0.05) is 54.1 Å². The maximum Gasteiger partial charge on any atom is 0.338 e. The predicted molar refractivity (Wildman–Crippen MR) is 140 cm³/mol. The van der Waals surface area contributed by atoms with E-state index in [1.54, 1.807) is 43.7 Å². The van der Waals surface area contributed by atoms with E-state index in [1.807, 2.05) is 48.5 Å². The molecule has 36 heavy (non-hydrogen) atoms. The van der Waals surface area contributed by atoms with Crippen molar-refractivity contribution in [2.24, 2.45) is 4.99 Å². The molecule has 1 heterocycles. The van der Waals surface area contributed by atoms with E-state index in [1.165, 1.54) is 0 Å². The van der Waals surface area contributed by atoms with Gasteiger partial charge in [-0.25, -0.2) is 4.79 Å². The Kier molecular flexibility index (Phi) is 7.86. The van der Waals surface area contributed by atoms with Gasteiger partial charge in [-0.2, -0.15) is 0 Å². The zero-order valence-corrected chi connectivity index (χ0v) is 20.6. The Bertz CT molecular complexity index is 1300. The lowest BCUT2D eigenvalue weighted by molar-refractivity contribution is -0.148. The SMILES string of the molecule is COc1ccc(-c2cccc(CC(=O)O)c2)cc1CC1(C(=O)OCCc2ccc(Cl)cc2)C=CC=N1. The average molecular weight is 504 g/mol. The molecule has 0 radical (unpaired) electrons. The second-order valence-corrected chi connectivity index (χ2v) is 8.98. The van der Waals surface area contributed by atoms with Crippen LogP contribution in [0.3, 0.4) is 0 Å². The number of carboxylic acid groups (broad SMARTS) is 1. The van der Waals surface area contributed by atoms with Crippen LogP contribution in [0, 0.1) is 0 Å². The van der Waals surface area contributed by atoms with Crippen LogP contribution < -0.4 is 4.74 Å². The molecule has 1 unspecified atom stereocenters. The molecule has 0 fully saturated rings. The Labute approximate surface area is 214 Å². The van der Waals surface area contributed by atoms with Crippen LogP contribution in [0.25, 0.3) is 11.1 Å². The van der Waals surface area contributed by atoms with E-state index < -0.39 is 17.5 Å². The van der Waals surface area contributed by atoms with Crippen LogP contribution >= 0.6 is 11.6 Å². The van der Waals surface area contributed by atoms with Gasteiger partial charge < -0.3 is 14.6 Å². The first-order valence-electron chi connectivity index (χ1n) is 11.5. The van der Waals surface area contributed by atoms with E-state index in [9.17, 15) is 9.59 Å². The van der Waals surface area contributed by atoms with Gasteiger partial charge >= 0.3 is 11.9 Å². The molecule has 3 aromatic rings. The number of hydrogen-bond acceptors (Lipinski definition) is 5. The van der Waals surface area contributed by atoms with Crippen LogP contribution in [-0.2, 0) is 33.6 Å². The van der Waals surface area contributed by atoms with Crippen molar-refractivity contribution in [1.82, 2.24) is 0 Å². The summed E-state index contributed by atoms with van der Waals surface area (Å²) in [6.07, 6.45) is 5.86. The number of esters is 1. The lowest BCUT2D eigenvalue weighted by Crippen LogP contribution is -2.38. The quantitative estimate of drug-likeness (QED) is 0.377. The Morgan fingerprint density at radius 3 is 2.47 bits per heavy atom. The van der Waals surface area contributed by atoms with Crippen molar-refractivity contribution in [2.45, 2.75) is 24.8 Å². The largest absolute Gasteiger partial charge is 0.496 e. The Balaban J connectivity index is 1.54. The summed E-state index contributed by atoms with van der Waals surface area (Å²) in [7, 11) is 1.58. The van der Waals surface area contributed by atoms with Gasteiger partial charge in [0.05, 0.1) is 20.1 Å². The molecular formula is C29H26ClNO5. The van der Waals surface area contributed by atoms with Crippen molar-refractivity contribution in [3.05, 3.63) is 101 Å². The highest BCUT2D eigenvalue weighted by Gasteiger charge is 2.39. The summed E-state index contributed by atoms with van der Waals surface area (Å²) in [5.41, 5.74) is 3.10. The molecule has 0 saturated carbocycles. The van der Waals surface area contributed by atoms with Gasteiger partial charge in [0.15, 0.2) is 5.54 Å². The van der Waals surface area contributed by atoms with E-state index >= 15 is 0 Å². The van der Waals surface area contributed by atoms with Crippen molar-refractivity contribution in [2.75, 3.05) is 13.7 Å². The molecule has 1 atom stereocenters. The number of ether oxygens (including phenoxy) is 2. The summed E-state index contributed by atoms with van der Waals surface area (Å²) in [4.78, 5) is 28.8. The second-order valence-electron chi connectivity index (χ2n) is 8.55. The van der Waals surface area contributed by atoms with Crippen molar-refractivity contribution >= 4 is 29.8 Å². The van der Waals surface area contributed by atoms with E-state index in [4.69, 9.17) is 26.2 Å². The smallest absolute Gasteiger partial charge is 0.338 e. The first-order valence-corrected chi connectivity index (χ1v) is 11.9. The minimum atomic E-state index is -1.18. The molecule has 3 aromatic carbocycles. The predicted octanol–water partition coefficient (Wildman–Crippen LogP) is 5.35. The molecule has 0 aromatic heterocycles. The second kappa shape index (κ2) is 11.2. The fraction of sp³-hybridized carbons (Fsp3) is 0.207. The first kappa shape index (κ1) is 25.2. The Morgan fingerprint density at radius 1 is 1.00 bits per heavy atom. The van der Waals surface area contributed by atoms with Crippen molar-refractivity contribution in [3.8, 4) is 16.9 Å². The van der Waals surface area contributed by atoms with E-state index in [0.29, 0.717) is 22.8 Å². The zero-order chi connectivity index (χ0) is 25.5. The van der Waals surface area contributed by atoms with Gasteiger partial charge in [0.25, 0.3) is 0 Å². The fourth-order valence-corrected chi connectivity index (χ4v) is 4.30. The van der Waals surface area contributed by atoms with E-state index in [2.05, 4.69) is 4.99 Å². The van der Waals surface area contributed by atoms with Gasteiger partial charge in [0.2, 0.25) is 0 Å². The first-order chi connectivity index (χ1) is 17.4. The zero-order valence-electron chi connectivity index (χ0n) is 19.8. The van der Waals surface area contributed by atoms with Crippen molar-refractivity contribution in [1.29, 1.82) is 0 Å². The monoisotopic (exact) mass is 503 g/mol. The molecule has 184 valence electrons. The van der Waals surface area contributed by atoms with Crippen LogP contribution in [0.15, 0.2) is 83.9 Å². The third kappa shape index (κ3) is 6.01. The van der Waals surface area contributed by atoms with Gasteiger partial charge in [0.1, 0.15) is 5.75 Å². The Hall–Kier alpha value is -3.90. The number of nitrogens with zero attached hydrogens (tertiary/aromatic N) is 1. The van der Waals surface area contributed by atoms with Crippen molar-refractivity contribution in [3.63, 3.8) is 0 Å². The highest BCUT2D eigenvalue weighted by atomic mass is 35.5. The number of methoxy groups -OCH3 is 1. The molecule has 0 aliphatic carbocycles. The summed E-state index contributed by atoms with van der Waals surface area (Å²) in [5.74, 6) is -0.688. The summed E-state index contributed by atoms with van der Waals surface area (Å²) in [5, 5.41) is 9.79. The number of aliphatic imine (C=N–C) groups is 1. The third-order valence-corrected chi connectivity index (χ3v) is 6.26.